The van der Waals surface area contributed by atoms with Crippen LogP contribution in [0.5, 0.6) is 11.5 Å². The van der Waals surface area contributed by atoms with Crippen LogP contribution in [0.3, 0.4) is 0 Å². The Morgan fingerprint density at radius 3 is 2.48 bits per heavy atom. The first kappa shape index (κ1) is 20.0. The first-order valence-corrected chi connectivity index (χ1v) is 10.4. The van der Waals surface area contributed by atoms with E-state index in [9.17, 15) is 4.79 Å². The molecule has 0 unspecified atom stereocenters. The van der Waals surface area contributed by atoms with E-state index in [0.29, 0.717) is 42.8 Å². The number of hydrogen-bond acceptors (Lipinski definition) is 5. The van der Waals surface area contributed by atoms with Crippen molar-refractivity contribution in [3.05, 3.63) is 58.6 Å². The van der Waals surface area contributed by atoms with Crippen molar-refractivity contribution >= 4 is 17.5 Å². The average Bonchev–Trinajstić information content (AvgIpc) is 2.74. The number of carbonyl (C=O) groups excluding carboxylic acids is 1. The van der Waals surface area contributed by atoms with Crippen molar-refractivity contribution in [2.45, 2.75) is 13.1 Å². The van der Waals surface area contributed by atoms with Crippen LogP contribution in [0.1, 0.15) is 11.1 Å². The number of nitrogens with zero attached hydrogens (tertiary/aromatic N) is 2. The molecule has 154 valence electrons. The molecular formula is C22H26ClN3O3. The molecule has 0 spiro atoms. The van der Waals surface area contributed by atoms with Gasteiger partial charge in [0.25, 0.3) is 0 Å². The molecule has 0 bridgehead atoms. The number of piperazine rings is 1. The molecule has 0 saturated carbocycles. The zero-order chi connectivity index (χ0) is 20.1. The SMILES string of the molecule is O=C(CN1CCN(Cc2ccccc2)CC1)NCc1cc(Cl)c2c(c1)OCCO2. The van der Waals surface area contributed by atoms with Gasteiger partial charge in [0.15, 0.2) is 11.5 Å². The number of hydrogen-bond donors (Lipinski definition) is 1. The fourth-order valence-corrected chi connectivity index (χ4v) is 3.96. The molecule has 1 N–H and O–H groups in total. The van der Waals surface area contributed by atoms with E-state index in [1.54, 1.807) is 0 Å². The van der Waals surface area contributed by atoms with E-state index in [2.05, 4.69) is 39.4 Å². The van der Waals surface area contributed by atoms with Crippen LogP contribution >= 0.6 is 11.6 Å². The van der Waals surface area contributed by atoms with E-state index >= 15 is 0 Å². The highest BCUT2D eigenvalue weighted by molar-refractivity contribution is 6.32. The van der Waals surface area contributed by atoms with Gasteiger partial charge in [-0.15, -0.1) is 0 Å². The monoisotopic (exact) mass is 415 g/mol. The number of carbonyl (C=O) groups is 1. The lowest BCUT2D eigenvalue weighted by Gasteiger charge is -2.34. The Balaban J connectivity index is 1.21. The van der Waals surface area contributed by atoms with Gasteiger partial charge in [-0.2, -0.15) is 0 Å². The first-order valence-electron chi connectivity index (χ1n) is 10.0. The molecule has 0 atom stereocenters. The minimum Gasteiger partial charge on any atom is -0.486 e. The van der Waals surface area contributed by atoms with E-state index in [1.165, 1.54) is 5.56 Å². The number of halogens is 1. The van der Waals surface area contributed by atoms with E-state index in [4.69, 9.17) is 21.1 Å². The van der Waals surface area contributed by atoms with Crippen molar-refractivity contribution in [1.82, 2.24) is 15.1 Å². The third kappa shape index (κ3) is 5.41. The van der Waals surface area contributed by atoms with E-state index < -0.39 is 0 Å². The van der Waals surface area contributed by atoms with Crippen LogP contribution in [0.2, 0.25) is 5.02 Å². The van der Waals surface area contributed by atoms with Crippen LogP contribution in [0.4, 0.5) is 0 Å². The van der Waals surface area contributed by atoms with Gasteiger partial charge < -0.3 is 14.8 Å². The van der Waals surface area contributed by atoms with Crippen LogP contribution in [-0.4, -0.2) is 61.6 Å². The van der Waals surface area contributed by atoms with Gasteiger partial charge in [0.2, 0.25) is 5.91 Å². The van der Waals surface area contributed by atoms with E-state index in [1.807, 2.05) is 18.2 Å². The number of benzene rings is 2. The topological polar surface area (TPSA) is 54.0 Å². The van der Waals surface area contributed by atoms with Crippen molar-refractivity contribution in [2.75, 3.05) is 45.9 Å². The van der Waals surface area contributed by atoms with Gasteiger partial charge in [0.05, 0.1) is 11.6 Å². The molecule has 2 aromatic carbocycles. The zero-order valence-electron chi connectivity index (χ0n) is 16.4. The lowest BCUT2D eigenvalue weighted by atomic mass is 10.2. The van der Waals surface area contributed by atoms with E-state index in [0.717, 1.165) is 38.3 Å². The normalized spacial score (nSPS) is 17.1. The Morgan fingerprint density at radius 2 is 1.69 bits per heavy atom. The summed E-state index contributed by atoms with van der Waals surface area (Å²) in [4.78, 5) is 17.0. The summed E-state index contributed by atoms with van der Waals surface area (Å²) in [5.41, 5.74) is 2.23. The van der Waals surface area contributed by atoms with Crippen LogP contribution in [0.15, 0.2) is 42.5 Å². The summed E-state index contributed by atoms with van der Waals surface area (Å²) in [7, 11) is 0. The smallest absolute Gasteiger partial charge is 0.234 e. The Morgan fingerprint density at radius 1 is 0.966 bits per heavy atom. The lowest BCUT2D eigenvalue weighted by molar-refractivity contribution is -0.122. The molecule has 0 radical (unpaired) electrons. The second-order valence-electron chi connectivity index (χ2n) is 7.42. The number of fused-ring (bicyclic) bond motifs is 1. The maximum Gasteiger partial charge on any atom is 0.234 e. The molecular weight excluding hydrogens is 390 g/mol. The third-order valence-corrected chi connectivity index (χ3v) is 5.51. The molecule has 0 aromatic heterocycles. The van der Waals surface area contributed by atoms with Crippen LogP contribution in [0, 0.1) is 0 Å². The predicted molar refractivity (Wildman–Crippen MR) is 112 cm³/mol. The van der Waals surface area contributed by atoms with Gasteiger partial charge in [0, 0.05) is 39.3 Å². The van der Waals surface area contributed by atoms with Crippen LogP contribution in [-0.2, 0) is 17.9 Å². The van der Waals surface area contributed by atoms with Crippen molar-refractivity contribution in [1.29, 1.82) is 0 Å². The summed E-state index contributed by atoms with van der Waals surface area (Å²) < 4.78 is 11.1. The minimum atomic E-state index is 0.0209. The van der Waals surface area contributed by atoms with Crippen LogP contribution in [0.25, 0.3) is 0 Å². The summed E-state index contributed by atoms with van der Waals surface area (Å²) >= 11 is 6.26. The minimum absolute atomic E-state index is 0.0209. The molecule has 0 aliphatic carbocycles. The number of nitrogens with one attached hydrogen (secondary N) is 1. The predicted octanol–water partition coefficient (Wildman–Crippen LogP) is 2.55. The molecule has 1 fully saturated rings. The Kier molecular flexibility index (Phi) is 6.54. The lowest BCUT2D eigenvalue weighted by Crippen LogP contribution is -2.49. The van der Waals surface area contributed by atoms with Gasteiger partial charge in [-0.3, -0.25) is 14.6 Å². The molecule has 2 aromatic rings. The molecule has 29 heavy (non-hydrogen) atoms. The van der Waals surface area contributed by atoms with Crippen molar-refractivity contribution in [2.24, 2.45) is 0 Å². The quantitative estimate of drug-likeness (QED) is 0.785. The van der Waals surface area contributed by atoms with Crippen molar-refractivity contribution in [3.63, 3.8) is 0 Å². The van der Waals surface area contributed by atoms with Crippen molar-refractivity contribution < 1.29 is 14.3 Å². The maximum absolute atomic E-state index is 12.4. The Hall–Kier alpha value is -2.28. The zero-order valence-corrected chi connectivity index (χ0v) is 17.2. The highest BCUT2D eigenvalue weighted by Crippen LogP contribution is 2.38. The first-order chi connectivity index (χ1) is 14.2. The van der Waals surface area contributed by atoms with Gasteiger partial charge in [-0.25, -0.2) is 0 Å². The summed E-state index contributed by atoms with van der Waals surface area (Å²) in [5, 5.41) is 3.50. The van der Waals surface area contributed by atoms with Crippen molar-refractivity contribution in [3.8, 4) is 11.5 Å². The second kappa shape index (κ2) is 9.48. The summed E-state index contributed by atoms with van der Waals surface area (Å²) in [5.74, 6) is 1.25. The molecule has 1 saturated heterocycles. The fraction of sp³-hybridized carbons (Fsp3) is 0.409. The molecule has 7 heteroatoms. The Bertz CT molecular complexity index is 839. The summed E-state index contributed by atoms with van der Waals surface area (Å²) in [6, 6.07) is 14.2. The summed E-state index contributed by atoms with van der Waals surface area (Å²) in [6.45, 7) is 6.55. The molecule has 4 rings (SSSR count). The standard InChI is InChI=1S/C22H26ClN3O3/c23-19-12-18(13-20-22(19)29-11-10-28-20)14-24-21(27)16-26-8-6-25(7-9-26)15-17-4-2-1-3-5-17/h1-5,12-13H,6-11,14-16H2,(H,24,27). The van der Waals surface area contributed by atoms with E-state index in [-0.39, 0.29) is 5.91 Å². The second-order valence-corrected chi connectivity index (χ2v) is 7.82. The van der Waals surface area contributed by atoms with Gasteiger partial charge in [-0.05, 0) is 23.3 Å². The average molecular weight is 416 g/mol. The maximum atomic E-state index is 12.4. The molecule has 2 aliphatic heterocycles. The number of amides is 1. The van der Waals surface area contributed by atoms with Crippen LogP contribution < -0.4 is 14.8 Å². The highest BCUT2D eigenvalue weighted by atomic mass is 35.5. The number of ether oxygens (including phenoxy) is 2. The molecule has 6 nitrogen and oxygen atoms in total. The fourth-order valence-electron chi connectivity index (χ4n) is 3.67. The third-order valence-electron chi connectivity index (χ3n) is 5.23. The number of rotatable bonds is 6. The van der Waals surface area contributed by atoms with Gasteiger partial charge in [0.1, 0.15) is 13.2 Å². The Labute approximate surface area is 176 Å². The largest absolute Gasteiger partial charge is 0.486 e. The summed E-state index contributed by atoms with van der Waals surface area (Å²) in [6.07, 6.45) is 0. The molecule has 2 heterocycles. The highest BCUT2D eigenvalue weighted by Gasteiger charge is 2.20. The van der Waals surface area contributed by atoms with Gasteiger partial charge in [-0.1, -0.05) is 41.9 Å². The molecule has 1 amide bonds. The molecule has 2 aliphatic rings. The van der Waals surface area contributed by atoms with Gasteiger partial charge >= 0.3 is 0 Å².